The maximum atomic E-state index is 11.8. The van der Waals surface area contributed by atoms with Crippen LogP contribution in [-0.4, -0.2) is 34.1 Å². The first kappa shape index (κ1) is 15.9. The third-order valence-electron chi connectivity index (χ3n) is 2.25. The van der Waals surface area contributed by atoms with E-state index < -0.39 is 15.9 Å². The predicted molar refractivity (Wildman–Crippen MR) is 71.7 cm³/mol. The fourth-order valence-electron chi connectivity index (χ4n) is 1.33. The number of hydrogen-bond donors (Lipinski definition) is 2. The largest absolute Gasteiger partial charge is 0.380 e. The molecule has 0 heterocycles. The van der Waals surface area contributed by atoms with Crippen LogP contribution in [0.1, 0.15) is 17.3 Å². The maximum Gasteiger partial charge on any atom is 0.252 e. The molecule has 0 radical (unpaired) electrons. The number of primary sulfonamides is 1. The molecule has 0 aliphatic heterocycles. The van der Waals surface area contributed by atoms with Gasteiger partial charge < -0.3 is 10.1 Å². The number of sulfonamides is 1. The van der Waals surface area contributed by atoms with E-state index in [1.165, 1.54) is 12.1 Å². The lowest BCUT2D eigenvalue weighted by atomic mass is 10.2. The summed E-state index contributed by atoms with van der Waals surface area (Å²) in [6.45, 7) is 3.07. The molecule has 0 spiro atoms. The van der Waals surface area contributed by atoms with Crippen molar-refractivity contribution in [3.8, 4) is 0 Å². The average Bonchev–Trinajstić information content (AvgIpc) is 2.33. The van der Waals surface area contributed by atoms with Crippen LogP contribution in [0.4, 0.5) is 0 Å². The van der Waals surface area contributed by atoms with Gasteiger partial charge in [-0.3, -0.25) is 4.79 Å². The second-order valence-electron chi connectivity index (χ2n) is 3.64. The molecule has 0 aliphatic carbocycles. The van der Waals surface area contributed by atoms with Gasteiger partial charge >= 0.3 is 0 Å². The first-order valence-corrected chi connectivity index (χ1v) is 7.47. The van der Waals surface area contributed by atoms with Crippen LogP contribution in [0.15, 0.2) is 23.1 Å². The molecule has 0 saturated heterocycles. The van der Waals surface area contributed by atoms with Crippen LogP contribution in [0.25, 0.3) is 0 Å². The molecule has 0 aliphatic rings. The lowest BCUT2D eigenvalue weighted by Gasteiger charge is -2.08. The molecule has 0 saturated carbocycles. The van der Waals surface area contributed by atoms with Crippen LogP contribution in [0.5, 0.6) is 0 Å². The van der Waals surface area contributed by atoms with Gasteiger partial charge in [-0.1, -0.05) is 11.6 Å². The summed E-state index contributed by atoms with van der Waals surface area (Å²) in [6, 6.07) is 3.71. The van der Waals surface area contributed by atoms with Gasteiger partial charge in [0.05, 0.1) is 22.1 Å². The highest BCUT2D eigenvalue weighted by Gasteiger charge is 2.15. The molecule has 0 aromatic heterocycles. The van der Waals surface area contributed by atoms with Gasteiger partial charge in [0.25, 0.3) is 5.91 Å². The van der Waals surface area contributed by atoms with Gasteiger partial charge in [0.2, 0.25) is 10.0 Å². The molecule has 19 heavy (non-hydrogen) atoms. The molecular weight excluding hydrogens is 292 g/mol. The topological polar surface area (TPSA) is 98.5 Å². The molecule has 1 aromatic rings. The van der Waals surface area contributed by atoms with Gasteiger partial charge in [-0.2, -0.15) is 0 Å². The summed E-state index contributed by atoms with van der Waals surface area (Å²) in [5.41, 5.74) is 0.0599. The molecule has 0 fully saturated rings. The van der Waals surface area contributed by atoms with Gasteiger partial charge in [-0.25, -0.2) is 13.6 Å². The fraction of sp³-hybridized carbons (Fsp3) is 0.364. The minimum absolute atomic E-state index is 0.0599. The van der Waals surface area contributed by atoms with Crippen LogP contribution >= 0.6 is 11.6 Å². The summed E-state index contributed by atoms with van der Waals surface area (Å²) < 4.78 is 27.5. The maximum absolute atomic E-state index is 11.8. The smallest absolute Gasteiger partial charge is 0.252 e. The highest BCUT2D eigenvalue weighted by atomic mass is 35.5. The second kappa shape index (κ2) is 6.85. The summed E-state index contributed by atoms with van der Waals surface area (Å²) in [7, 11) is -3.87. The van der Waals surface area contributed by atoms with E-state index in [4.69, 9.17) is 21.5 Å². The third kappa shape index (κ3) is 4.79. The monoisotopic (exact) mass is 306 g/mol. The van der Waals surface area contributed by atoms with Crippen LogP contribution in [-0.2, 0) is 14.8 Å². The molecule has 0 atom stereocenters. The highest BCUT2D eigenvalue weighted by Crippen LogP contribution is 2.19. The van der Waals surface area contributed by atoms with Crippen molar-refractivity contribution in [2.24, 2.45) is 5.14 Å². The van der Waals surface area contributed by atoms with Gasteiger partial charge in [0.15, 0.2) is 0 Å². The Hall–Kier alpha value is -1.15. The highest BCUT2D eigenvalue weighted by molar-refractivity contribution is 7.89. The lowest BCUT2D eigenvalue weighted by molar-refractivity contribution is 0.0922. The number of hydrogen-bond acceptors (Lipinski definition) is 4. The van der Waals surface area contributed by atoms with Gasteiger partial charge in [-0.05, 0) is 25.1 Å². The summed E-state index contributed by atoms with van der Waals surface area (Å²) in [4.78, 5) is 11.7. The molecule has 6 nitrogen and oxygen atoms in total. The van der Waals surface area contributed by atoms with Crippen molar-refractivity contribution in [2.75, 3.05) is 19.8 Å². The normalized spacial score (nSPS) is 11.3. The Kier molecular flexibility index (Phi) is 5.74. The third-order valence-corrected chi connectivity index (χ3v) is 3.49. The number of ether oxygens (including phenoxy) is 1. The number of rotatable bonds is 6. The van der Waals surface area contributed by atoms with Crippen LogP contribution < -0.4 is 10.5 Å². The second-order valence-corrected chi connectivity index (χ2v) is 5.61. The van der Waals surface area contributed by atoms with Crippen molar-refractivity contribution < 1.29 is 17.9 Å². The lowest BCUT2D eigenvalue weighted by Crippen LogP contribution is -2.27. The van der Waals surface area contributed by atoms with E-state index in [0.717, 1.165) is 6.07 Å². The number of amides is 1. The van der Waals surface area contributed by atoms with Crippen molar-refractivity contribution in [1.29, 1.82) is 0 Å². The van der Waals surface area contributed by atoms with Gasteiger partial charge in [0, 0.05) is 13.2 Å². The van der Waals surface area contributed by atoms with Crippen molar-refractivity contribution in [1.82, 2.24) is 5.32 Å². The standard InChI is InChI=1S/C11H15ClN2O4S/c1-2-18-6-5-14-11(15)9-7-8(19(13,16)17)3-4-10(9)12/h3-4,7H,2,5-6H2,1H3,(H,14,15)(H2,13,16,17). The first-order chi connectivity index (χ1) is 8.86. The minimum Gasteiger partial charge on any atom is -0.380 e. The molecule has 1 amide bonds. The van der Waals surface area contributed by atoms with E-state index in [1.54, 1.807) is 0 Å². The minimum atomic E-state index is -3.87. The molecule has 106 valence electrons. The van der Waals surface area contributed by atoms with Crippen molar-refractivity contribution >= 4 is 27.5 Å². The number of carbonyl (C=O) groups excluding carboxylic acids is 1. The molecular formula is C11H15ClN2O4S. The molecule has 0 unspecified atom stereocenters. The number of carbonyl (C=O) groups is 1. The van der Waals surface area contributed by atoms with Crippen molar-refractivity contribution in [3.63, 3.8) is 0 Å². The van der Waals surface area contributed by atoms with E-state index in [-0.39, 0.29) is 15.5 Å². The average molecular weight is 307 g/mol. The zero-order valence-corrected chi connectivity index (χ0v) is 11.9. The van der Waals surface area contributed by atoms with E-state index in [1.807, 2.05) is 6.92 Å². The fourth-order valence-corrected chi connectivity index (χ4v) is 2.07. The van der Waals surface area contributed by atoms with Crippen LogP contribution in [0, 0.1) is 0 Å². The number of benzene rings is 1. The Balaban J connectivity index is 2.84. The summed E-state index contributed by atoms with van der Waals surface area (Å²) in [6.07, 6.45) is 0. The Labute approximate surface area is 116 Å². The van der Waals surface area contributed by atoms with Crippen molar-refractivity contribution in [3.05, 3.63) is 28.8 Å². The quantitative estimate of drug-likeness (QED) is 0.758. The first-order valence-electron chi connectivity index (χ1n) is 5.54. The Morgan fingerprint density at radius 2 is 2.16 bits per heavy atom. The van der Waals surface area contributed by atoms with E-state index in [0.29, 0.717) is 19.8 Å². The molecule has 0 bridgehead atoms. The summed E-state index contributed by atoms with van der Waals surface area (Å²) in [5, 5.41) is 7.72. The Bertz CT molecular complexity index is 560. The SMILES string of the molecule is CCOCCNC(=O)c1cc(S(N)(=O)=O)ccc1Cl. The van der Waals surface area contributed by atoms with E-state index in [9.17, 15) is 13.2 Å². The Morgan fingerprint density at radius 3 is 2.74 bits per heavy atom. The van der Waals surface area contributed by atoms with Gasteiger partial charge in [0.1, 0.15) is 0 Å². The zero-order valence-electron chi connectivity index (χ0n) is 10.3. The summed E-state index contributed by atoms with van der Waals surface area (Å²) in [5.74, 6) is -0.477. The van der Waals surface area contributed by atoms with Crippen molar-refractivity contribution in [2.45, 2.75) is 11.8 Å². The molecule has 8 heteroatoms. The van der Waals surface area contributed by atoms with E-state index in [2.05, 4.69) is 5.32 Å². The van der Waals surface area contributed by atoms with Crippen LogP contribution in [0.3, 0.4) is 0 Å². The number of halogens is 1. The van der Waals surface area contributed by atoms with E-state index >= 15 is 0 Å². The molecule has 3 N–H and O–H groups in total. The number of nitrogens with one attached hydrogen (secondary N) is 1. The molecule has 1 rings (SSSR count). The summed E-state index contributed by atoms with van der Waals surface area (Å²) >= 11 is 5.85. The predicted octanol–water partition coefficient (Wildman–Crippen LogP) is 0.754. The van der Waals surface area contributed by atoms with Crippen LogP contribution in [0.2, 0.25) is 5.02 Å². The number of nitrogens with two attached hydrogens (primary N) is 1. The molecule has 1 aromatic carbocycles. The Morgan fingerprint density at radius 1 is 1.47 bits per heavy atom. The van der Waals surface area contributed by atoms with Gasteiger partial charge in [-0.15, -0.1) is 0 Å². The zero-order chi connectivity index (χ0) is 14.5.